The number of nitrogens with one attached hydrogen (secondary N) is 1. The van der Waals surface area contributed by atoms with Crippen LogP contribution in [-0.4, -0.2) is 47.1 Å². The number of carbonyl (C=O) groups is 1. The molecule has 11 heteroatoms. The van der Waals surface area contributed by atoms with E-state index in [2.05, 4.69) is 19.7 Å². The van der Waals surface area contributed by atoms with Crippen molar-refractivity contribution in [3.8, 4) is 0 Å². The molecular weight excluding hydrogens is 384 g/mol. The third-order valence-corrected chi connectivity index (χ3v) is 5.39. The Balaban J connectivity index is 1.44. The molecule has 0 aliphatic heterocycles. The van der Waals surface area contributed by atoms with Gasteiger partial charge in [-0.1, -0.05) is 17.7 Å². The van der Waals surface area contributed by atoms with E-state index in [0.29, 0.717) is 29.9 Å². The summed E-state index contributed by atoms with van der Waals surface area (Å²) < 4.78 is 33.3. The number of nitrogens with zero attached hydrogens (tertiary/aromatic N) is 4. The zero-order chi connectivity index (χ0) is 20.1. The Morgan fingerprint density at radius 3 is 2.71 bits per heavy atom. The van der Waals surface area contributed by atoms with Gasteiger partial charge in [0, 0.05) is 6.54 Å². The second kappa shape index (κ2) is 8.31. The predicted octanol–water partition coefficient (Wildman–Crippen LogP) is 0.629. The van der Waals surface area contributed by atoms with Crippen LogP contribution in [0.25, 0.3) is 11.2 Å². The third kappa shape index (κ3) is 4.61. The van der Waals surface area contributed by atoms with E-state index in [1.54, 1.807) is 23.0 Å². The standard InChI is InChI=1S/C17H20N6O4S/c1-12-3-5-13(6-4-12)28(25,26)22-9-14(24)27-8-2-7-23-11-21-15-16(18)19-10-20-17(15)23/h3-6,10-11,22H,2,7-9H2,1H3,(H2,18,19,20). The zero-order valence-electron chi connectivity index (χ0n) is 15.2. The molecule has 3 aromatic rings. The maximum absolute atomic E-state index is 12.1. The number of hydrogen-bond acceptors (Lipinski definition) is 8. The zero-order valence-corrected chi connectivity index (χ0v) is 16.0. The maximum Gasteiger partial charge on any atom is 0.321 e. The second-order valence-electron chi connectivity index (χ2n) is 6.08. The molecule has 0 aliphatic carbocycles. The van der Waals surface area contributed by atoms with Gasteiger partial charge in [-0.15, -0.1) is 0 Å². The van der Waals surface area contributed by atoms with E-state index < -0.39 is 22.5 Å². The number of imidazole rings is 1. The van der Waals surface area contributed by atoms with E-state index >= 15 is 0 Å². The van der Waals surface area contributed by atoms with Gasteiger partial charge in [0.15, 0.2) is 11.5 Å². The van der Waals surface area contributed by atoms with Gasteiger partial charge in [-0.05, 0) is 25.5 Å². The average molecular weight is 404 g/mol. The van der Waals surface area contributed by atoms with Crippen LogP contribution in [0, 0.1) is 6.92 Å². The van der Waals surface area contributed by atoms with Crippen molar-refractivity contribution in [2.24, 2.45) is 0 Å². The van der Waals surface area contributed by atoms with Crippen LogP contribution in [-0.2, 0) is 26.1 Å². The lowest BCUT2D eigenvalue weighted by Crippen LogP contribution is -2.31. The molecule has 0 radical (unpaired) electrons. The highest BCUT2D eigenvalue weighted by molar-refractivity contribution is 7.89. The molecule has 0 atom stereocenters. The number of nitrogen functional groups attached to an aromatic ring is 1. The van der Waals surface area contributed by atoms with Crippen molar-refractivity contribution in [2.75, 3.05) is 18.9 Å². The van der Waals surface area contributed by atoms with Crippen LogP contribution in [0.1, 0.15) is 12.0 Å². The van der Waals surface area contributed by atoms with Crippen LogP contribution >= 0.6 is 0 Å². The number of hydrogen-bond donors (Lipinski definition) is 2. The van der Waals surface area contributed by atoms with Crippen molar-refractivity contribution < 1.29 is 17.9 Å². The molecule has 148 valence electrons. The van der Waals surface area contributed by atoms with Crippen molar-refractivity contribution in [3.63, 3.8) is 0 Å². The lowest BCUT2D eigenvalue weighted by Gasteiger charge is -2.08. The minimum atomic E-state index is -3.76. The van der Waals surface area contributed by atoms with Crippen LogP contribution in [0.2, 0.25) is 0 Å². The highest BCUT2D eigenvalue weighted by Crippen LogP contribution is 2.14. The largest absolute Gasteiger partial charge is 0.465 e. The number of nitrogens with two attached hydrogens (primary N) is 1. The quantitative estimate of drug-likeness (QED) is 0.411. The van der Waals surface area contributed by atoms with Gasteiger partial charge < -0.3 is 15.0 Å². The summed E-state index contributed by atoms with van der Waals surface area (Å²) >= 11 is 0. The Morgan fingerprint density at radius 2 is 1.96 bits per heavy atom. The van der Waals surface area contributed by atoms with Crippen LogP contribution in [0.15, 0.2) is 41.8 Å². The highest BCUT2D eigenvalue weighted by Gasteiger charge is 2.16. The number of rotatable bonds is 8. The third-order valence-electron chi connectivity index (χ3n) is 3.97. The average Bonchev–Trinajstić information content (AvgIpc) is 3.08. The molecule has 0 bridgehead atoms. The van der Waals surface area contributed by atoms with E-state index in [-0.39, 0.29) is 11.5 Å². The lowest BCUT2D eigenvalue weighted by atomic mass is 10.2. The van der Waals surface area contributed by atoms with Crippen molar-refractivity contribution >= 4 is 33.0 Å². The molecule has 0 saturated heterocycles. The van der Waals surface area contributed by atoms with E-state index in [9.17, 15) is 13.2 Å². The normalized spacial score (nSPS) is 11.6. The summed E-state index contributed by atoms with van der Waals surface area (Å²) in [5.74, 6) is -0.353. The van der Waals surface area contributed by atoms with Crippen molar-refractivity contribution in [1.29, 1.82) is 0 Å². The van der Waals surface area contributed by atoms with E-state index in [4.69, 9.17) is 10.5 Å². The number of carbonyl (C=O) groups excluding carboxylic acids is 1. The molecule has 2 aromatic heterocycles. The van der Waals surface area contributed by atoms with Crippen molar-refractivity contribution in [3.05, 3.63) is 42.5 Å². The summed E-state index contributed by atoms with van der Waals surface area (Å²) in [7, 11) is -3.76. The Bertz CT molecular complexity index is 1080. The summed E-state index contributed by atoms with van der Waals surface area (Å²) in [5, 5.41) is 0. The molecule has 28 heavy (non-hydrogen) atoms. The first kappa shape index (κ1) is 19.7. The second-order valence-corrected chi connectivity index (χ2v) is 7.85. The van der Waals surface area contributed by atoms with Crippen molar-refractivity contribution in [1.82, 2.24) is 24.2 Å². The van der Waals surface area contributed by atoms with Gasteiger partial charge >= 0.3 is 5.97 Å². The van der Waals surface area contributed by atoms with Gasteiger partial charge in [0.25, 0.3) is 0 Å². The fourth-order valence-electron chi connectivity index (χ4n) is 2.49. The first-order chi connectivity index (χ1) is 13.4. The van der Waals surface area contributed by atoms with E-state index in [0.717, 1.165) is 5.56 Å². The van der Waals surface area contributed by atoms with Gasteiger partial charge in [0.2, 0.25) is 10.0 Å². The number of aryl methyl sites for hydroxylation is 2. The van der Waals surface area contributed by atoms with Gasteiger partial charge in [-0.2, -0.15) is 4.72 Å². The van der Waals surface area contributed by atoms with Crippen LogP contribution < -0.4 is 10.5 Å². The SMILES string of the molecule is Cc1ccc(S(=O)(=O)NCC(=O)OCCCn2cnc3c(N)ncnc32)cc1. The molecule has 0 amide bonds. The van der Waals surface area contributed by atoms with E-state index in [1.165, 1.54) is 18.5 Å². The molecule has 10 nitrogen and oxygen atoms in total. The number of sulfonamides is 1. The van der Waals surface area contributed by atoms with Gasteiger partial charge in [-0.25, -0.2) is 23.4 Å². The molecular formula is C17H20N6O4S. The topological polar surface area (TPSA) is 142 Å². The first-order valence-corrected chi connectivity index (χ1v) is 9.98. The Kier molecular flexibility index (Phi) is 5.85. The number of fused-ring (bicyclic) bond motifs is 1. The smallest absolute Gasteiger partial charge is 0.321 e. The minimum Gasteiger partial charge on any atom is -0.465 e. The Labute approximate surface area is 161 Å². The number of esters is 1. The molecule has 0 fully saturated rings. The Hall–Kier alpha value is -3.05. The van der Waals surface area contributed by atoms with Gasteiger partial charge in [0.1, 0.15) is 18.4 Å². The summed E-state index contributed by atoms with van der Waals surface area (Å²) in [6, 6.07) is 6.33. The van der Waals surface area contributed by atoms with E-state index in [1.807, 2.05) is 6.92 Å². The number of benzene rings is 1. The molecule has 2 heterocycles. The number of anilines is 1. The fraction of sp³-hybridized carbons (Fsp3) is 0.294. The van der Waals surface area contributed by atoms with Crippen LogP contribution in [0.4, 0.5) is 5.82 Å². The molecule has 0 unspecified atom stereocenters. The van der Waals surface area contributed by atoms with Gasteiger partial charge in [-0.3, -0.25) is 4.79 Å². The maximum atomic E-state index is 12.1. The monoisotopic (exact) mass is 404 g/mol. The molecule has 3 rings (SSSR count). The van der Waals surface area contributed by atoms with Crippen molar-refractivity contribution in [2.45, 2.75) is 24.8 Å². The summed E-state index contributed by atoms with van der Waals surface area (Å²) in [6.07, 6.45) is 3.45. The fourth-order valence-corrected chi connectivity index (χ4v) is 3.46. The van der Waals surface area contributed by atoms with Crippen LogP contribution in [0.5, 0.6) is 0 Å². The van der Waals surface area contributed by atoms with Gasteiger partial charge in [0.05, 0.1) is 17.8 Å². The number of ether oxygens (including phenoxy) is 1. The first-order valence-electron chi connectivity index (χ1n) is 8.50. The lowest BCUT2D eigenvalue weighted by molar-refractivity contribution is -0.142. The molecule has 0 saturated carbocycles. The molecule has 1 aromatic carbocycles. The Morgan fingerprint density at radius 1 is 1.21 bits per heavy atom. The van der Waals surface area contributed by atoms with Crippen LogP contribution in [0.3, 0.4) is 0 Å². The molecule has 3 N–H and O–H groups in total. The minimum absolute atomic E-state index is 0.0964. The highest BCUT2D eigenvalue weighted by atomic mass is 32.2. The summed E-state index contributed by atoms with van der Waals surface area (Å²) in [5.41, 5.74) is 7.79. The summed E-state index contributed by atoms with van der Waals surface area (Å²) in [6.45, 7) is 2.06. The predicted molar refractivity (Wildman–Crippen MR) is 102 cm³/mol. The molecule has 0 aliphatic rings. The summed E-state index contributed by atoms with van der Waals surface area (Å²) in [4.78, 5) is 24.0. The number of aromatic nitrogens is 4. The molecule has 0 spiro atoms.